The van der Waals surface area contributed by atoms with E-state index in [9.17, 15) is 4.79 Å². The number of aryl methyl sites for hydroxylation is 1. The lowest BCUT2D eigenvalue weighted by atomic mass is 10.1. The number of carbonyl (C=O) groups is 1. The number of benzene rings is 1. The summed E-state index contributed by atoms with van der Waals surface area (Å²) in [6, 6.07) is 8.18. The zero-order valence-electron chi connectivity index (χ0n) is 14.6. The van der Waals surface area contributed by atoms with E-state index in [-0.39, 0.29) is 11.9 Å². The monoisotopic (exact) mass is 348 g/mol. The molecule has 1 saturated heterocycles. The van der Waals surface area contributed by atoms with Gasteiger partial charge in [-0.1, -0.05) is 36.4 Å². The summed E-state index contributed by atoms with van der Waals surface area (Å²) in [4.78, 5) is 22.2. The molecule has 1 fully saturated rings. The van der Waals surface area contributed by atoms with E-state index in [1.807, 2.05) is 35.9 Å². The second-order valence-electron chi connectivity index (χ2n) is 6.55. The molecule has 1 atom stereocenters. The number of fused-ring (bicyclic) bond motifs is 1. The van der Waals surface area contributed by atoms with E-state index in [4.69, 9.17) is 10.8 Å². The number of nitrogens with zero attached hydrogens (tertiary/aromatic N) is 5. The Labute approximate surface area is 151 Å². The number of amides is 1. The molecule has 1 aromatic carbocycles. The highest BCUT2D eigenvalue weighted by Crippen LogP contribution is 2.33. The second kappa shape index (κ2) is 6.25. The van der Waals surface area contributed by atoms with Gasteiger partial charge in [-0.2, -0.15) is 5.10 Å². The lowest BCUT2D eigenvalue weighted by Gasteiger charge is -2.14. The molecule has 4 rings (SSSR count). The topological polar surface area (TPSA) is 89.9 Å². The summed E-state index contributed by atoms with van der Waals surface area (Å²) in [6.07, 6.45) is 3.62. The van der Waals surface area contributed by atoms with Gasteiger partial charge in [0.05, 0.1) is 11.4 Å². The number of aromatic nitrogens is 4. The summed E-state index contributed by atoms with van der Waals surface area (Å²) in [6.45, 7) is 6.87. The summed E-state index contributed by atoms with van der Waals surface area (Å²) in [5, 5.41) is 5.58. The van der Waals surface area contributed by atoms with Crippen molar-refractivity contribution in [3.8, 4) is 11.3 Å². The van der Waals surface area contributed by atoms with Gasteiger partial charge in [-0.25, -0.2) is 14.6 Å². The lowest BCUT2D eigenvalue weighted by Crippen LogP contribution is -2.27. The van der Waals surface area contributed by atoms with Gasteiger partial charge in [0.1, 0.15) is 17.8 Å². The number of hydrogen-bond donors (Lipinski definition) is 1. The van der Waals surface area contributed by atoms with Gasteiger partial charge in [0.2, 0.25) is 5.91 Å². The molecule has 7 nitrogen and oxygen atoms in total. The summed E-state index contributed by atoms with van der Waals surface area (Å²) in [7, 11) is 0. The Bertz CT molecular complexity index is 991. The first-order chi connectivity index (χ1) is 12.6. The summed E-state index contributed by atoms with van der Waals surface area (Å²) in [5.41, 5.74) is 9.77. The van der Waals surface area contributed by atoms with Crippen LogP contribution in [0.5, 0.6) is 0 Å². The Kier molecular flexibility index (Phi) is 3.91. The average Bonchev–Trinajstić information content (AvgIpc) is 3.27. The molecule has 3 heterocycles. The van der Waals surface area contributed by atoms with Crippen molar-refractivity contribution in [2.45, 2.75) is 19.4 Å². The van der Waals surface area contributed by atoms with E-state index in [1.165, 1.54) is 18.0 Å². The van der Waals surface area contributed by atoms with Crippen LogP contribution in [0.2, 0.25) is 0 Å². The first-order valence-corrected chi connectivity index (χ1v) is 8.55. The lowest BCUT2D eigenvalue weighted by molar-refractivity contribution is -0.125. The molecule has 26 heavy (non-hydrogen) atoms. The average molecular weight is 348 g/mol. The normalized spacial score (nSPS) is 17.0. The Morgan fingerprint density at radius 1 is 1.31 bits per heavy atom. The highest BCUT2D eigenvalue weighted by molar-refractivity contribution is 5.98. The predicted molar refractivity (Wildman–Crippen MR) is 100 cm³/mol. The molecule has 0 radical (unpaired) electrons. The highest BCUT2D eigenvalue weighted by Gasteiger charge is 2.29. The fourth-order valence-electron chi connectivity index (χ4n) is 3.43. The van der Waals surface area contributed by atoms with E-state index in [1.54, 1.807) is 4.90 Å². The molecule has 7 heteroatoms. The van der Waals surface area contributed by atoms with Crippen molar-refractivity contribution in [2.24, 2.45) is 0 Å². The largest absolute Gasteiger partial charge is 0.383 e. The van der Waals surface area contributed by atoms with Gasteiger partial charge in [0.15, 0.2) is 5.65 Å². The third-order valence-electron chi connectivity index (χ3n) is 4.84. The van der Waals surface area contributed by atoms with Crippen LogP contribution in [-0.2, 0) is 4.79 Å². The van der Waals surface area contributed by atoms with Crippen LogP contribution in [0.1, 0.15) is 18.0 Å². The van der Waals surface area contributed by atoms with Crippen molar-refractivity contribution < 1.29 is 4.79 Å². The second-order valence-corrected chi connectivity index (χ2v) is 6.55. The minimum atomic E-state index is -0.0585. The van der Waals surface area contributed by atoms with Crippen LogP contribution in [0.4, 0.5) is 5.82 Å². The van der Waals surface area contributed by atoms with Crippen molar-refractivity contribution in [2.75, 3.05) is 18.8 Å². The zero-order chi connectivity index (χ0) is 18.3. The van der Waals surface area contributed by atoms with Gasteiger partial charge < -0.3 is 10.6 Å². The maximum atomic E-state index is 11.9. The van der Waals surface area contributed by atoms with Crippen molar-refractivity contribution in [1.82, 2.24) is 24.6 Å². The van der Waals surface area contributed by atoms with Gasteiger partial charge in [-0.3, -0.25) is 4.79 Å². The van der Waals surface area contributed by atoms with Gasteiger partial charge in [-0.15, -0.1) is 0 Å². The molecule has 0 bridgehead atoms. The van der Waals surface area contributed by atoms with Crippen molar-refractivity contribution in [3.63, 3.8) is 0 Å². The third kappa shape index (κ3) is 2.61. The van der Waals surface area contributed by atoms with Crippen LogP contribution in [0, 0.1) is 6.92 Å². The quantitative estimate of drug-likeness (QED) is 0.734. The van der Waals surface area contributed by atoms with Gasteiger partial charge >= 0.3 is 0 Å². The molecule has 1 amide bonds. The third-order valence-corrected chi connectivity index (χ3v) is 4.84. The van der Waals surface area contributed by atoms with Gasteiger partial charge in [-0.05, 0) is 19.4 Å². The first kappa shape index (κ1) is 16.3. The Hall–Kier alpha value is -3.22. The van der Waals surface area contributed by atoms with E-state index in [0.717, 1.165) is 23.1 Å². The molecule has 0 aliphatic carbocycles. The molecule has 2 N–H and O–H groups in total. The number of hydrogen-bond acceptors (Lipinski definition) is 5. The fraction of sp³-hybridized carbons (Fsp3) is 0.263. The Morgan fingerprint density at radius 3 is 2.81 bits per heavy atom. The maximum Gasteiger partial charge on any atom is 0.246 e. The number of likely N-dealkylation sites (tertiary alicyclic amines) is 1. The Balaban J connectivity index is 1.82. The van der Waals surface area contributed by atoms with Crippen LogP contribution in [-0.4, -0.2) is 43.6 Å². The number of nitrogen functional groups attached to an aromatic ring is 1. The van der Waals surface area contributed by atoms with E-state index >= 15 is 0 Å². The molecule has 1 aliphatic heterocycles. The minimum absolute atomic E-state index is 0.0508. The van der Waals surface area contributed by atoms with Crippen LogP contribution < -0.4 is 5.73 Å². The van der Waals surface area contributed by atoms with Crippen LogP contribution in [0.3, 0.4) is 0 Å². The van der Waals surface area contributed by atoms with Crippen molar-refractivity contribution >= 4 is 22.8 Å². The summed E-state index contributed by atoms with van der Waals surface area (Å²) >= 11 is 0. The molecule has 2 aromatic heterocycles. The molecule has 0 spiro atoms. The maximum absolute atomic E-state index is 11.9. The number of anilines is 1. The summed E-state index contributed by atoms with van der Waals surface area (Å²) in [5.74, 6) is 0.353. The summed E-state index contributed by atoms with van der Waals surface area (Å²) < 4.78 is 1.89. The smallest absolute Gasteiger partial charge is 0.246 e. The Morgan fingerprint density at radius 2 is 2.08 bits per heavy atom. The molecular weight excluding hydrogens is 328 g/mol. The highest BCUT2D eigenvalue weighted by atomic mass is 16.2. The van der Waals surface area contributed by atoms with Crippen LogP contribution in [0.15, 0.2) is 43.2 Å². The molecule has 3 aromatic rings. The van der Waals surface area contributed by atoms with Crippen LogP contribution in [0.25, 0.3) is 22.3 Å². The number of carbonyl (C=O) groups excluding carboxylic acids is 1. The van der Waals surface area contributed by atoms with Crippen molar-refractivity contribution in [1.29, 1.82) is 0 Å². The fourth-order valence-corrected chi connectivity index (χ4v) is 3.43. The van der Waals surface area contributed by atoms with Gasteiger partial charge in [0.25, 0.3) is 0 Å². The molecule has 0 saturated carbocycles. The van der Waals surface area contributed by atoms with Crippen LogP contribution >= 0.6 is 0 Å². The molecule has 1 aliphatic rings. The van der Waals surface area contributed by atoms with E-state index in [2.05, 4.69) is 16.5 Å². The first-order valence-electron chi connectivity index (χ1n) is 8.55. The molecule has 132 valence electrons. The molecule has 1 unspecified atom stereocenters. The standard InChI is InChI=1S/C19H20N6O/c1-3-15(26)24-9-8-14(10-24)25-19-16(18(20)21-11-22-19)17(23-25)13-6-4-12(2)5-7-13/h3-7,11,14H,1,8-10H2,2H3,(H2,20,21,22). The van der Waals surface area contributed by atoms with E-state index < -0.39 is 0 Å². The van der Waals surface area contributed by atoms with Crippen molar-refractivity contribution in [3.05, 3.63) is 48.8 Å². The predicted octanol–water partition coefficient (Wildman–Crippen LogP) is 2.34. The molecular formula is C19H20N6O. The zero-order valence-corrected chi connectivity index (χ0v) is 14.6. The van der Waals surface area contributed by atoms with Gasteiger partial charge in [0, 0.05) is 18.7 Å². The minimum Gasteiger partial charge on any atom is -0.383 e. The number of rotatable bonds is 3. The van der Waals surface area contributed by atoms with E-state index in [0.29, 0.717) is 24.6 Å². The SMILES string of the molecule is C=CC(=O)N1CCC(n2nc(-c3ccc(C)cc3)c3c(N)ncnc32)C1. The number of nitrogens with two attached hydrogens (primary N) is 1.